The highest BCUT2D eigenvalue weighted by atomic mass is 32.1. The number of carbonyl (C=O) groups excluding carboxylic acids is 1. The summed E-state index contributed by atoms with van der Waals surface area (Å²) in [6.45, 7) is 7.75. The van der Waals surface area contributed by atoms with Crippen molar-refractivity contribution in [1.29, 1.82) is 5.26 Å². The molecule has 5 nitrogen and oxygen atoms in total. The summed E-state index contributed by atoms with van der Waals surface area (Å²) in [6.07, 6.45) is 1.91. The van der Waals surface area contributed by atoms with E-state index >= 15 is 0 Å². The van der Waals surface area contributed by atoms with Crippen LogP contribution < -0.4 is 5.32 Å². The van der Waals surface area contributed by atoms with Crippen molar-refractivity contribution in [2.24, 2.45) is 0 Å². The number of nitrogens with one attached hydrogen (secondary N) is 1. The molecule has 0 spiro atoms. The number of amides is 1. The van der Waals surface area contributed by atoms with Gasteiger partial charge in [0.2, 0.25) is 0 Å². The zero-order chi connectivity index (χ0) is 16.2. The van der Waals surface area contributed by atoms with Crippen LogP contribution in [0, 0.1) is 11.3 Å². The van der Waals surface area contributed by atoms with Crippen LogP contribution in [0.3, 0.4) is 0 Å². The SMILES string of the molecule is CC(C)(C)OC(=O)N(CCNCc1ccc(C#N)s1)C1CC1. The molecule has 1 N–H and O–H groups in total. The normalized spacial score (nSPS) is 14.5. The maximum absolute atomic E-state index is 12.2. The van der Waals surface area contributed by atoms with Crippen LogP contribution in [0.15, 0.2) is 12.1 Å². The number of nitriles is 1. The number of ether oxygens (including phenoxy) is 1. The van der Waals surface area contributed by atoms with Gasteiger partial charge in [-0.2, -0.15) is 5.26 Å². The minimum absolute atomic E-state index is 0.223. The molecular weight excluding hydrogens is 298 g/mol. The molecule has 0 unspecified atom stereocenters. The van der Waals surface area contributed by atoms with Crippen LogP contribution in [0.2, 0.25) is 0 Å². The molecule has 1 heterocycles. The molecule has 0 saturated heterocycles. The average Bonchev–Trinajstić information content (AvgIpc) is 3.14. The van der Waals surface area contributed by atoms with Crippen molar-refractivity contribution in [3.8, 4) is 6.07 Å². The second-order valence-electron chi connectivity index (χ2n) is 6.46. The van der Waals surface area contributed by atoms with Gasteiger partial charge in [-0.1, -0.05) is 0 Å². The first-order valence-corrected chi connectivity index (χ1v) is 8.40. The van der Waals surface area contributed by atoms with Crippen molar-refractivity contribution in [3.63, 3.8) is 0 Å². The third-order valence-corrected chi connectivity index (χ3v) is 4.21. The summed E-state index contributed by atoms with van der Waals surface area (Å²) >= 11 is 1.50. The first kappa shape index (κ1) is 16.8. The molecule has 0 aliphatic heterocycles. The molecule has 1 fully saturated rings. The minimum Gasteiger partial charge on any atom is -0.444 e. The number of hydrogen-bond donors (Lipinski definition) is 1. The van der Waals surface area contributed by atoms with Crippen molar-refractivity contribution in [2.45, 2.75) is 51.8 Å². The molecule has 0 bridgehead atoms. The van der Waals surface area contributed by atoms with Crippen molar-refractivity contribution >= 4 is 17.4 Å². The minimum atomic E-state index is -0.456. The Kier molecular flexibility index (Phi) is 5.43. The molecule has 22 heavy (non-hydrogen) atoms. The molecule has 0 radical (unpaired) electrons. The Morgan fingerprint density at radius 3 is 2.77 bits per heavy atom. The highest BCUT2D eigenvalue weighted by molar-refractivity contribution is 7.12. The maximum Gasteiger partial charge on any atom is 0.410 e. The summed E-state index contributed by atoms with van der Waals surface area (Å²) in [4.78, 5) is 15.9. The summed E-state index contributed by atoms with van der Waals surface area (Å²) in [5.74, 6) is 0. The van der Waals surface area contributed by atoms with Crippen LogP contribution in [-0.2, 0) is 11.3 Å². The fourth-order valence-electron chi connectivity index (χ4n) is 2.07. The van der Waals surface area contributed by atoms with Gasteiger partial charge in [-0.3, -0.25) is 0 Å². The molecule has 1 aliphatic rings. The molecule has 0 aromatic carbocycles. The van der Waals surface area contributed by atoms with Gasteiger partial charge >= 0.3 is 6.09 Å². The van der Waals surface area contributed by atoms with Crippen LogP contribution >= 0.6 is 11.3 Å². The molecule has 1 aliphatic carbocycles. The molecule has 2 rings (SSSR count). The van der Waals surface area contributed by atoms with Gasteiger partial charge < -0.3 is 15.0 Å². The lowest BCUT2D eigenvalue weighted by molar-refractivity contribution is 0.0236. The quantitative estimate of drug-likeness (QED) is 0.818. The summed E-state index contributed by atoms with van der Waals surface area (Å²) in [7, 11) is 0. The van der Waals surface area contributed by atoms with Gasteiger partial charge in [-0.15, -0.1) is 11.3 Å². The van der Waals surface area contributed by atoms with E-state index in [1.165, 1.54) is 11.3 Å². The van der Waals surface area contributed by atoms with E-state index in [9.17, 15) is 4.79 Å². The molecule has 120 valence electrons. The molecule has 1 saturated carbocycles. The molecule has 0 atom stereocenters. The maximum atomic E-state index is 12.2. The highest BCUT2D eigenvalue weighted by Crippen LogP contribution is 2.28. The van der Waals surface area contributed by atoms with Crippen molar-refractivity contribution in [2.75, 3.05) is 13.1 Å². The molecular formula is C16H23N3O2S. The van der Waals surface area contributed by atoms with Gasteiger partial charge in [0.05, 0.1) is 0 Å². The summed E-state index contributed by atoms with van der Waals surface area (Å²) in [6, 6.07) is 6.27. The third kappa shape index (κ3) is 5.32. The van der Waals surface area contributed by atoms with Gasteiger partial charge in [0.25, 0.3) is 0 Å². The average molecular weight is 321 g/mol. The Balaban J connectivity index is 1.75. The summed E-state index contributed by atoms with van der Waals surface area (Å²) in [5, 5.41) is 12.1. The van der Waals surface area contributed by atoms with Crippen LogP contribution in [0.5, 0.6) is 0 Å². The Bertz CT molecular complexity index is 552. The number of thiophene rings is 1. The second-order valence-corrected chi connectivity index (χ2v) is 7.63. The number of nitrogens with zero attached hydrogens (tertiary/aromatic N) is 2. The van der Waals surface area contributed by atoms with Crippen LogP contribution in [0.4, 0.5) is 4.79 Å². The van der Waals surface area contributed by atoms with E-state index in [0.29, 0.717) is 12.6 Å². The third-order valence-electron chi connectivity index (χ3n) is 3.22. The second kappa shape index (κ2) is 7.12. The first-order valence-electron chi connectivity index (χ1n) is 7.58. The molecule has 1 aromatic heterocycles. The zero-order valence-corrected chi connectivity index (χ0v) is 14.2. The number of rotatable bonds is 6. The predicted molar refractivity (Wildman–Crippen MR) is 86.7 cm³/mol. The monoisotopic (exact) mass is 321 g/mol. The van der Waals surface area contributed by atoms with E-state index in [2.05, 4.69) is 11.4 Å². The molecule has 1 aromatic rings. The van der Waals surface area contributed by atoms with Gasteiger partial charge in [0.1, 0.15) is 16.5 Å². The number of hydrogen-bond acceptors (Lipinski definition) is 5. The lowest BCUT2D eigenvalue weighted by atomic mass is 10.2. The van der Waals surface area contributed by atoms with E-state index < -0.39 is 5.60 Å². The Labute approximate surface area is 135 Å². The van der Waals surface area contributed by atoms with Gasteiger partial charge in [0, 0.05) is 30.6 Å². The smallest absolute Gasteiger partial charge is 0.410 e. The Morgan fingerprint density at radius 1 is 1.50 bits per heavy atom. The summed E-state index contributed by atoms with van der Waals surface area (Å²) < 4.78 is 5.46. The van der Waals surface area contributed by atoms with Gasteiger partial charge in [-0.05, 0) is 45.7 Å². The van der Waals surface area contributed by atoms with E-state index in [4.69, 9.17) is 10.00 Å². The lowest BCUT2D eigenvalue weighted by Gasteiger charge is -2.27. The summed E-state index contributed by atoms with van der Waals surface area (Å²) in [5.41, 5.74) is -0.456. The van der Waals surface area contributed by atoms with Crippen molar-refractivity contribution in [1.82, 2.24) is 10.2 Å². The highest BCUT2D eigenvalue weighted by Gasteiger charge is 2.34. The fraction of sp³-hybridized carbons (Fsp3) is 0.625. The Morgan fingerprint density at radius 2 is 2.23 bits per heavy atom. The van der Waals surface area contributed by atoms with E-state index in [1.54, 1.807) is 0 Å². The predicted octanol–water partition coefficient (Wildman–Crippen LogP) is 3.11. The Hall–Kier alpha value is -1.58. The van der Waals surface area contributed by atoms with Gasteiger partial charge in [0.15, 0.2) is 0 Å². The first-order chi connectivity index (χ1) is 10.4. The standard InChI is InChI=1S/C16H23N3O2S/c1-16(2,3)21-15(20)19(12-4-5-12)9-8-18-11-14-7-6-13(10-17)22-14/h6-7,12,18H,4-5,8-9,11H2,1-3H3. The zero-order valence-electron chi connectivity index (χ0n) is 13.4. The van der Waals surface area contributed by atoms with Crippen molar-refractivity contribution in [3.05, 3.63) is 21.9 Å². The topological polar surface area (TPSA) is 65.4 Å². The molecule has 1 amide bonds. The van der Waals surface area contributed by atoms with Crippen LogP contribution in [-0.4, -0.2) is 35.7 Å². The van der Waals surface area contributed by atoms with Gasteiger partial charge in [-0.25, -0.2) is 4.79 Å². The van der Waals surface area contributed by atoms with E-state index in [-0.39, 0.29) is 6.09 Å². The largest absolute Gasteiger partial charge is 0.444 e. The van der Waals surface area contributed by atoms with Crippen LogP contribution in [0.25, 0.3) is 0 Å². The molecule has 6 heteroatoms. The van der Waals surface area contributed by atoms with E-state index in [0.717, 1.165) is 35.7 Å². The van der Waals surface area contributed by atoms with E-state index in [1.807, 2.05) is 37.8 Å². The number of carbonyl (C=O) groups is 1. The fourth-order valence-corrected chi connectivity index (χ4v) is 2.85. The lowest BCUT2D eigenvalue weighted by Crippen LogP contribution is -2.41. The van der Waals surface area contributed by atoms with Crippen molar-refractivity contribution < 1.29 is 9.53 Å². The van der Waals surface area contributed by atoms with Crippen LogP contribution in [0.1, 0.15) is 43.4 Å².